The fraction of sp³-hybridized carbons (Fsp3) is 0.296. The molecule has 6 rings (SSSR count). The average molecular weight is 567 g/mol. The van der Waals surface area contributed by atoms with E-state index < -0.39 is 17.7 Å². The van der Waals surface area contributed by atoms with E-state index in [9.17, 15) is 13.6 Å². The van der Waals surface area contributed by atoms with Gasteiger partial charge in [0.25, 0.3) is 0 Å². The summed E-state index contributed by atoms with van der Waals surface area (Å²) in [7, 11) is 0. The molecule has 1 fully saturated rings. The zero-order chi connectivity index (χ0) is 27.9. The normalized spacial score (nSPS) is 16.3. The number of rotatable bonds is 7. The van der Waals surface area contributed by atoms with Crippen molar-refractivity contribution in [2.24, 2.45) is 0 Å². The summed E-state index contributed by atoms with van der Waals surface area (Å²) in [5.74, 6) is 0.161. The SMILES string of the molecule is CC(F)(F)Oc1ccc(C2=CC3(CCN(c4ncc(-c5nnn(CC(=O)O)n5)s4)CC3)Oc3ccccc32)cc1. The first kappa shape index (κ1) is 25.9. The lowest BCUT2D eigenvalue weighted by Crippen LogP contribution is -2.48. The lowest BCUT2D eigenvalue weighted by atomic mass is 9.83. The minimum Gasteiger partial charge on any atom is -0.482 e. The molecule has 40 heavy (non-hydrogen) atoms. The van der Waals surface area contributed by atoms with Gasteiger partial charge in [-0.05, 0) is 40.6 Å². The van der Waals surface area contributed by atoms with E-state index in [1.54, 1.807) is 30.5 Å². The van der Waals surface area contributed by atoms with Gasteiger partial charge in [0.15, 0.2) is 11.7 Å². The monoisotopic (exact) mass is 566 g/mol. The number of nitrogens with zero attached hydrogens (tertiary/aromatic N) is 6. The van der Waals surface area contributed by atoms with Gasteiger partial charge in [0.05, 0.1) is 11.1 Å². The van der Waals surface area contributed by atoms with Gasteiger partial charge in [0.1, 0.15) is 17.1 Å². The lowest BCUT2D eigenvalue weighted by Gasteiger charge is -2.43. The Labute approximate surface area is 231 Å². The fourth-order valence-electron chi connectivity index (χ4n) is 4.88. The predicted octanol–water partition coefficient (Wildman–Crippen LogP) is 4.74. The van der Waals surface area contributed by atoms with E-state index in [1.807, 2.05) is 24.3 Å². The first-order chi connectivity index (χ1) is 19.2. The fourth-order valence-corrected chi connectivity index (χ4v) is 5.78. The molecule has 0 aliphatic carbocycles. The number of hydrogen-bond donors (Lipinski definition) is 1. The summed E-state index contributed by atoms with van der Waals surface area (Å²) < 4.78 is 37.9. The highest BCUT2D eigenvalue weighted by Gasteiger charge is 2.39. The smallest absolute Gasteiger partial charge is 0.394 e. The number of aliphatic carboxylic acids is 1. The Hall–Kier alpha value is -4.39. The van der Waals surface area contributed by atoms with Crippen LogP contribution in [-0.2, 0) is 11.3 Å². The van der Waals surface area contributed by atoms with Crippen molar-refractivity contribution in [1.29, 1.82) is 0 Å². The topological polar surface area (TPSA) is 115 Å². The molecule has 2 aromatic heterocycles. The summed E-state index contributed by atoms with van der Waals surface area (Å²) in [6.07, 6.45) is 1.97. The van der Waals surface area contributed by atoms with Gasteiger partial charge in [0.2, 0.25) is 5.82 Å². The highest BCUT2D eigenvalue weighted by Crippen LogP contribution is 2.44. The van der Waals surface area contributed by atoms with Crippen LogP contribution >= 0.6 is 11.3 Å². The molecule has 206 valence electrons. The van der Waals surface area contributed by atoms with Gasteiger partial charge in [-0.3, -0.25) is 4.79 Å². The molecule has 4 heterocycles. The minimum absolute atomic E-state index is 0.0997. The Kier molecular flexibility index (Phi) is 6.45. The Morgan fingerprint density at radius 3 is 2.65 bits per heavy atom. The van der Waals surface area contributed by atoms with Crippen LogP contribution < -0.4 is 14.4 Å². The number of benzene rings is 2. The van der Waals surface area contributed by atoms with E-state index >= 15 is 0 Å². The summed E-state index contributed by atoms with van der Waals surface area (Å²) in [6, 6.07) is 14.5. The van der Waals surface area contributed by atoms with Crippen LogP contribution in [0.5, 0.6) is 11.5 Å². The molecule has 0 saturated carbocycles. The van der Waals surface area contributed by atoms with Gasteiger partial charge in [0, 0.05) is 38.4 Å². The molecule has 13 heteroatoms. The van der Waals surface area contributed by atoms with Gasteiger partial charge >= 0.3 is 12.1 Å². The maximum absolute atomic E-state index is 13.3. The van der Waals surface area contributed by atoms with Gasteiger partial charge in [-0.2, -0.15) is 13.6 Å². The first-order valence-electron chi connectivity index (χ1n) is 12.6. The van der Waals surface area contributed by atoms with E-state index in [0.29, 0.717) is 43.6 Å². The number of halogens is 2. The van der Waals surface area contributed by atoms with Crippen molar-refractivity contribution in [3.63, 3.8) is 0 Å². The number of hydrogen-bond acceptors (Lipinski definition) is 9. The Balaban J connectivity index is 1.21. The molecular formula is C27H24F2N6O4S. The number of carboxylic acids is 1. The molecule has 1 saturated heterocycles. The van der Waals surface area contributed by atoms with Gasteiger partial charge in [-0.15, -0.1) is 10.2 Å². The summed E-state index contributed by atoms with van der Waals surface area (Å²) >= 11 is 1.42. The van der Waals surface area contributed by atoms with E-state index in [-0.39, 0.29) is 12.3 Å². The third kappa shape index (κ3) is 5.37. The molecule has 0 unspecified atom stereocenters. The van der Waals surface area contributed by atoms with Crippen LogP contribution in [0.1, 0.15) is 30.9 Å². The van der Waals surface area contributed by atoms with Crippen LogP contribution in [-0.4, -0.2) is 61.1 Å². The van der Waals surface area contributed by atoms with Crippen LogP contribution in [0, 0.1) is 0 Å². The van der Waals surface area contributed by atoms with Crippen LogP contribution in [0.25, 0.3) is 16.3 Å². The van der Waals surface area contributed by atoms with Crippen molar-refractivity contribution in [2.75, 3.05) is 18.0 Å². The van der Waals surface area contributed by atoms with Crippen molar-refractivity contribution >= 4 is 28.0 Å². The Morgan fingerprint density at radius 2 is 1.93 bits per heavy atom. The number of alkyl halides is 2. The second-order valence-electron chi connectivity index (χ2n) is 9.69. The summed E-state index contributed by atoms with van der Waals surface area (Å²) in [6.45, 7) is 1.73. The maximum Gasteiger partial charge on any atom is 0.394 e. The van der Waals surface area contributed by atoms with Crippen molar-refractivity contribution in [1.82, 2.24) is 25.2 Å². The van der Waals surface area contributed by atoms with E-state index in [1.165, 1.54) is 11.3 Å². The molecule has 4 aromatic rings. The number of carbonyl (C=O) groups is 1. The van der Waals surface area contributed by atoms with Crippen molar-refractivity contribution in [3.05, 3.63) is 71.9 Å². The third-order valence-corrected chi connectivity index (χ3v) is 7.74. The number of anilines is 1. The van der Waals surface area contributed by atoms with Crippen molar-refractivity contribution in [2.45, 2.75) is 38.0 Å². The zero-order valence-corrected chi connectivity index (χ0v) is 22.1. The second kappa shape index (κ2) is 9.97. The number of fused-ring (bicyclic) bond motifs is 1. The number of thiazole rings is 1. The van der Waals surface area contributed by atoms with Crippen molar-refractivity contribution < 1.29 is 28.2 Å². The third-order valence-electron chi connectivity index (χ3n) is 6.68. The highest BCUT2D eigenvalue weighted by atomic mass is 32.1. The number of aromatic nitrogens is 5. The second-order valence-corrected chi connectivity index (χ2v) is 10.7. The number of para-hydroxylation sites is 1. The maximum atomic E-state index is 13.3. The lowest BCUT2D eigenvalue weighted by molar-refractivity contribution is -0.159. The van der Waals surface area contributed by atoms with E-state index in [0.717, 1.165) is 32.4 Å². The van der Waals surface area contributed by atoms with Crippen LogP contribution in [0.2, 0.25) is 0 Å². The quantitative estimate of drug-likeness (QED) is 0.339. The molecule has 1 spiro atoms. The molecule has 2 aliphatic rings. The molecule has 2 aromatic carbocycles. The summed E-state index contributed by atoms with van der Waals surface area (Å²) in [5.41, 5.74) is 2.28. The van der Waals surface area contributed by atoms with Crippen molar-refractivity contribution in [3.8, 4) is 22.2 Å². The molecule has 0 atom stereocenters. The number of ether oxygens (including phenoxy) is 2. The Morgan fingerprint density at radius 1 is 1.18 bits per heavy atom. The summed E-state index contributed by atoms with van der Waals surface area (Å²) in [5, 5.41) is 21.6. The standard InChI is InChI=1S/C27H24F2N6O4S/c1-26(28,29)38-18-8-6-17(7-9-18)20-14-27(39-21-5-3-2-4-19(20)21)10-12-34(13-11-27)25-30-15-22(40-25)24-31-33-35(32-24)16-23(36)37/h2-9,14-15H,10-13,16H2,1H3,(H,36,37). The zero-order valence-electron chi connectivity index (χ0n) is 21.3. The summed E-state index contributed by atoms with van der Waals surface area (Å²) in [4.78, 5) is 19.3. The van der Waals surface area contributed by atoms with Crippen LogP contribution in [0.3, 0.4) is 0 Å². The molecular weight excluding hydrogens is 542 g/mol. The van der Waals surface area contributed by atoms with Crippen LogP contribution in [0.15, 0.2) is 60.8 Å². The van der Waals surface area contributed by atoms with Gasteiger partial charge in [-0.1, -0.05) is 41.7 Å². The Bertz CT molecular complexity index is 1570. The molecule has 10 nitrogen and oxygen atoms in total. The molecule has 0 bridgehead atoms. The molecule has 2 aliphatic heterocycles. The predicted molar refractivity (Wildman–Crippen MR) is 143 cm³/mol. The van der Waals surface area contributed by atoms with Gasteiger partial charge < -0.3 is 19.5 Å². The number of carboxylic acid groups (broad SMARTS) is 1. The molecule has 0 radical (unpaired) electrons. The molecule has 0 amide bonds. The highest BCUT2D eigenvalue weighted by molar-refractivity contribution is 7.18. The molecule has 1 N–H and O–H groups in total. The average Bonchev–Trinajstić information content (AvgIpc) is 3.58. The largest absolute Gasteiger partial charge is 0.482 e. The van der Waals surface area contributed by atoms with Crippen LogP contribution in [0.4, 0.5) is 13.9 Å². The van der Waals surface area contributed by atoms with Gasteiger partial charge in [-0.25, -0.2) is 4.98 Å². The van der Waals surface area contributed by atoms with E-state index in [2.05, 4.69) is 31.4 Å². The van der Waals surface area contributed by atoms with E-state index in [4.69, 9.17) is 14.6 Å². The first-order valence-corrected chi connectivity index (χ1v) is 13.4. The number of piperidine rings is 1. The minimum atomic E-state index is -3.25. The number of tetrazole rings is 1.